The molecule has 0 radical (unpaired) electrons. The van der Waals surface area contributed by atoms with Gasteiger partial charge in [-0.2, -0.15) is 0 Å². The van der Waals surface area contributed by atoms with E-state index in [9.17, 15) is 0 Å². The average molecular weight is 291 g/mol. The van der Waals surface area contributed by atoms with Crippen LogP contribution in [0.2, 0.25) is 0 Å². The number of hydrogen-bond acceptors (Lipinski definition) is 0. The minimum atomic E-state index is 0.716. The summed E-state index contributed by atoms with van der Waals surface area (Å²) in [6.07, 6.45) is 21.2. The fourth-order valence-corrected chi connectivity index (χ4v) is 3.06. The first-order chi connectivity index (χ1) is 10.4. The van der Waals surface area contributed by atoms with Gasteiger partial charge in [-0.05, 0) is 12.8 Å². The SMILES string of the molecule is CCCCCCCCCC(CCCCC)[n+]1ccccc1. The molecule has 1 aromatic rings. The van der Waals surface area contributed by atoms with Gasteiger partial charge in [0.15, 0.2) is 18.4 Å². The maximum Gasteiger partial charge on any atom is 0.169 e. The van der Waals surface area contributed by atoms with Gasteiger partial charge in [-0.1, -0.05) is 71.3 Å². The second kappa shape index (κ2) is 12.9. The van der Waals surface area contributed by atoms with E-state index >= 15 is 0 Å². The second-order valence-electron chi connectivity index (χ2n) is 6.38. The zero-order valence-corrected chi connectivity index (χ0v) is 14.4. The van der Waals surface area contributed by atoms with Gasteiger partial charge in [-0.15, -0.1) is 0 Å². The Labute approximate surface area is 132 Å². The van der Waals surface area contributed by atoms with E-state index in [1.807, 2.05) is 0 Å². The largest absolute Gasteiger partial charge is 0.202 e. The van der Waals surface area contributed by atoms with E-state index in [0.717, 1.165) is 0 Å². The van der Waals surface area contributed by atoms with Crippen molar-refractivity contribution in [3.05, 3.63) is 30.6 Å². The Kier molecular flexibility index (Phi) is 11.1. The van der Waals surface area contributed by atoms with Gasteiger partial charge in [0, 0.05) is 25.0 Å². The van der Waals surface area contributed by atoms with E-state index in [1.54, 1.807) is 0 Å². The number of unbranched alkanes of at least 4 members (excludes halogenated alkanes) is 8. The molecular weight excluding hydrogens is 254 g/mol. The Morgan fingerprint density at radius 2 is 1.10 bits per heavy atom. The molecule has 0 fully saturated rings. The fraction of sp³-hybridized carbons (Fsp3) is 0.750. The zero-order valence-electron chi connectivity index (χ0n) is 14.4. The van der Waals surface area contributed by atoms with Crippen LogP contribution in [-0.4, -0.2) is 0 Å². The maximum atomic E-state index is 2.44. The highest BCUT2D eigenvalue weighted by Gasteiger charge is 2.16. The van der Waals surface area contributed by atoms with Gasteiger partial charge < -0.3 is 0 Å². The molecule has 0 saturated heterocycles. The molecule has 21 heavy (non-hydrogen) atoms. The van der Waals surface area contributed by atoms with Gasteiger partial charge >= 0.3 is 0 Å². The van der Waals surface area contributed by atoms with Gasteiger partial charge in [-0.3, -0.25) is 0 Å². The van der Waals surface area contributed by atoms with Crippen molar-refractivity contribution >= 4 is 0 Å². The first kappa shape index (κ1) is 18.2. The molecule has 0 amide bonds. The Hall–Kier alpha value is -0.850. The third-order valence-electron chi connectivity index (χ3n) is 4.44. The van der Waals surface area contributed by atoms with E-state index < -0.39 is 0 Å². The first-order valence-electron chi connectivity index (χ1n) is 9.34. The first-order valence-corrected chi connectivity index (χ1v) is 9.34. The summed E-state index contributed by atoms with van der Waals surface area (Å²) in [5, 5.41) is 0. The van der Waals surface area contributed by atoms with Crippen LogP contribution in [0.15, 0.2) is 30.6 Å². The van der Waals surface area contributed by atoms with Crippen LogP contribution in [0.25, 0.3) is 0 Å². The highest BCUT2D eigenvalue weighted by molar-refractivity contribution is 4.84. The Balaban J connectivity index is 2.26. The Morgan fingerprint density at radius 3 is 1.71 bits per heavy atom. The molecular formula is C20H36N+. The number of rotatable bonds is 13. The number of nitrogens with zero attached hydrogens (tertiary/aromatic N) is 1. The third-order valence-corrected chi connectivity index (χ3v) is 4.44. The van der Waals surface area contributed by atoms with Crippen LogP contribution in [0.5, 0.6) is 0 Å². The molecule has 1 nitrogen and oxygen atoms in total. The van der Waals surface area contributed by atoms with Gasteiger partial charge in [0.25, 0.3) is 0 Å². The molecule has 1 atom stereocenters. The molecule has 0 spiro atoms. The predicted octanol–water partition coefficient (Wildman–Crippen LogP) is 6.24. The van der Waals surface area contributed by atoms with Crippen LogP contribution in [0.3, 0.4) is 0 Å². The summed E-state index contributed by atoms with van der Waals surface area (Å²) in [6.45, 7) is 4.58. The zero-order chi connectivity index (χ0) is 15.2. The fourth-order valence-electron chi connectivity index (χ4n) is 3.06. The number of aromatic nitrogens is 1. The van der Waals surface area contributed by atoms with Crippen molar-refractivity contribution in [2.24, 2.45) is 0 Å². The van der Waals surface area contributed by atoms with Crippen LogP contribution in [-0.2, 0) is 0 Å². The molecule has 0 aliphatic carbocycles. The summed E-state index contributed by atoms with van der Waals surface area (Å²) in [4.78, 5) is 0. The molecule has 1 heteroatoms. The van der Waals surface area contributed by atoms with Crippen molar-refractivity contribution < 1.29 is 4.57 Å². The second-order valence-corrected chi connectivity index (χ2v) is 6.38. The van der Waals surface area contributed by atoms with Crippen LogP contribution in [0, 0.1) is 0 Å². The number of pyridine rings is 1. The van der Waals surface area contributed by atoms with Gasteiger partial charge in [0.1, 0.15) is 0 Å². The van der Waals surface area contributed by atoms with E-state index in [4.69, 9.17) is 0 Å². The lowest BCUT2D eigenvalue weighted by Crippen LogP contribution is -2.38. The third kappa shape index (κ3) is 8.90. The summed E-state index contributed by atoms with van der Waals surface area (Å²) in [6, 6.07) is 7.16. The van der Waals surface area contributed by atoms with Crippen molar-refractivity contribution in [2.75, 3.05) is 0 Å². The lowest BCUT2D eigenvalue weighted by Gasteiger charge is -2.12. The molecule has 1 unspecified atom stereocenters. The number of hydrogen-bond donors (Lipinski definition) is 0. The summed E-state index contributed by atoms with van der Waals surface area (Å²) >= 11 is 0. The van der Waals surface area contributed by atoms with E-state index in [-0.39, 0.29) is 0 Å². The monoisotopic (exact) mass is 290 g/mol. The smallest absolute Gasteiger partial charge is 0.169 e. The van der Waals surface area contributed by atoms with E-state index in [0.29, 0.717) is 6.04 Å². The lowest BCUT2D eigenvalue weighted by molar-refractivity contribution is -0.724. The molecule has 0 N–H and O–H groups in total. The Morgan fingerprint density at radius 1 is 0.619 bits per heavy atom. The van der Waals surface area contributed by atoms with Crippen LogP contribution >= 0.6 is 0 Å². The average Bonchev–Trinajstić information content (AvgIpc) is 2.53. The van der Waals surface area contributed by atoms with Gasteiger partial charge in [0.05, 0.1) is 0 Å². The molecule has 0 aliphatic heterocycles. The van der Waals surface area contributed by atoms with Crippen molar-refractivity contribution in [1.29, 1.82) is 0 Å². The molecule has 120 valence electrons. The molecule has 0 bridgehead atoms. The molecule has 0 aromatic carbocycles. The van der Waals surface area contributed by atoms with E-state index in [2.05, 4.69) is 49.0 Å². The lowest BCUT2D eigenvalue weighted by atomic mass is 10.0. The highest BCUT2D eigenvalue weighted by atomic mass is 15.0. The minimum absolute atomic E-state index is 0.716. The normalized spacial score (nSPS) is 12.5. The van der Waals surface area contributed by atoms with Crippen LogP contribution in [0.4, 0.5) is 0 Å². The summed E-state index contributed by atoms with van der Waals surface area (Å²) in [5.41, 5.74) is 0. The Bertz CT molecular complexity index is 320. The van der Waals surface area contributed by atoms with Gasteiger partial charge in [-0.25, -0.2) is 4.57 Å². The van der Waals surface area contributed by atoms with Crippen molar-refractivity contribution in [3.8, 4) is 0 Å². The quantitative estimate of drug-likeness (QED) is 0.299. The molecule has 1 rings (SSSR count). The van der Waals surface area contributed by atoms with Crippen LogP contribution in [0.1, 0.15) is 96.9 Å². The van der Waals surface area contributed by atoms with Crippen molar-refractivity contribution in [1.82, 2.24) is 0 Å². The summed E-state index contributed by atoms with van der Waals surface area (Å²) in [7, 11) is 0. The molecule has 1 heterocycles. The van der Waals surface area contributed by atoms with Crippen molar-refractivity contribution in [3.63, 3.8) is 0 Å². The highest BCUT2D eigenvalue weighted by Crippen LogP contribution is 2.18. The molecule has 0 saturated carbocycles. The van der Waals surface area contributed by atoms with E-state index in [1.165, 1.54) is 77.0 Å². The topological polar surface area (TPSA) is 3.88 Å². The molecule has 0 aliphatic rings. The standard InChI is InChI=1S/C20H36N/c1-3-5-7-8-9-10-13-17-20(16-12-6-4-2)21-18-14-11-15-19-21/h11,14-15,18-20H,3-10,12-13,16-17H2,1-2H3/q+1. The van der Waals surface area contributed by atoms with Crippen LogP contribution < -0.4 is 4.57 Å². The maximum absolute atomic E-state index is 2.44. The predicted molar refractivity (Wildman–Crippen MR) is 92.4 cm³/mol. The summed E-state index contributed by atoms with van der Waals surface area (Å²) < 4.78 is 2.44. The summed E-state index contributed by atoms with van der Waals surface area (Å²) in [5.74, 6) is 0. The molecule has 1 aromatic heterocycles. The minimum Gasteiger partial charge on any atom is -0.202 e. The van der Waals surface area contributed by atoms with Crippen molar-refractivity contribution in [2.45, 2.75) is 96.9 Å². The van der Waals surface area contributed by atoms with Gasteiger partial charge in [0.2, 0.25) is 0 Å².